The highest BCUT2D eigenvalue weighted by Crippen LogP contribution is 2.32. The predicted octanol–water partition coefficient (Wildman–Crippen LogP) is 3.29. The highest BCUT2D eigenvalue weighted by atomic mass is 19.4. The van der Waals surface area contributed by atoms with E-state index in [9.17, 15) is 13.2 Å². The van der Waals surface area contributed by atoms with Crippen LogP contribution < -0.4 is 0 Å². The molecule has 0 amide bonds. The molecule has 1 N–H and O–H groups in total. The second-order valence-corrected chi connectivity index (χ2v) is 3.61. The van der Waals surface area contributed by atoms with E-state index in [2.05, 4.69) is 0 Å². The minimum absolute atomic E-state index is 0.0647. The van der Waals surface area contributed by atoms with Gasteiger partial charge in [0.15, 0.2) is 0 Å². The van der Waals surface area contributed by atoms with Crippen LogP contribution in [0.15, 0.2) is 11.6 Å². The summed E-state index contributed by atoms with van der Waals surface area (Å²) in [6, 6.07) is 0. The number of allylic oxidation sites excluding steroid dienone is 2. The third-order valence-electron chi connectivity index (χ3n) is 2.01. The lowest BCUT2D eigenvalue weighted by Gasteiger charge is -2.18. The van der Waals surface area contributed by atoms with Crippen LogP contribution in [0.25, 0.3) is 0 Å². The first-order chi connectivity index (χ1) is 6.38. The third kappa shape index (κ3) is 6.02. The number of aliphatic hydroxyl groups excluding tert-OH is 1. The zero-order valence-corrected chi connectivity index (χ0v) is 8.56. The van der Waals surface area contributed by atoms with Gasteiger partial charge in [0.25, 0.3) is 0 Å². The number of alkyl halides is 3. The van der Waals surface area contributed by atoms with Crippen molar-refractivity contribution in [1.29, 1.82) is 0 Å². The molecule has 0 aliphatic carbocycles. The summed E-state index contributed by atoms with van der Waals surface area (Å²) in [4.78, 5) is 0. The molecule has 1 nitrogen and oxygen atoms in total. The van der Waals surface area contributed by atoms with Gasteiger partial charge in [0, 0.05) is 6.61 Å². The fourth-order valence-electron chi connectivity index (χ4n) is 1.20. The molecular weight excluding hydrogens is 193 g/mol. The summed E-state index contributed by atoms with van der Waals surface area (Å²) in [6.45, 7) is 3.31. The van der Waals surface area contributed by atoms with Crippen molar-refractivity contribution >= 4 is 0 Å². The maximum absolute atomic E-state index is 12.3. The molecule has 0 aromatic heterocycles. The summed E-state index contributed by atoms with van der Waals surface area (Å²) in [5.41, 5.74) is 1.02. The molecule has 0 aromatic rings. The average molecular weight is 210 g/mol. The maximum atomic E-state index is 12.3. The second kappa shape index (κ2) is 6.06. The Kier molecular flexibility index (Phi) is 5.84. The van der Waals surface area contributed by atoms with Crippen LogP contribution in [0.3, 0.4) is 0 Å². The first-order valence-electron chi connectivity index (χ1n) is 4.69. The zero-order chi connectivity index (χ0) is 11.2. The Hall–Kier alpha value is -0.510. The van der Waals surface area contributed by atoms with Gasteiger partial charge in [-0.05, 0) is 33.1 Å². The maximum Gasteiger partial charge on any atom is 0.391 e. The molecule has 0 saturated heterocycles. The Balaban J connectivity index is 4.05. The lowest BCUT2D eigenvalue weighted by atomic mass is 9.98. The Morgan fingerprint density at radius 2 is 1.86 bits per heavy atom. The van der Waals surface area contributed by atoms with Crippen LogP contribution in [0, 0.1) is 5.92 Å². The van der Waals surface area contributed by atoms with Crippen molar-refractivity contribution in [2.24, 2.45) is 5.92 Å². The monoisotopic (exact) mass is 210 g/mol. The summed E-state index contributed by atoms with van der Waals surface area (Å²) in [5.74, 6) is -1.37. The van der Waals surface area contributed by atoms with Crippen molar-refractivity contribution in [2.75, 3.05) is 6.61 Å². The number of aliphatic hydroxyl groups is 1. The zero-order valence-electron chi connectivity index (χ0n) is 8.56. The Labute approximate surface area is 82.6 Å². The molecule has 0 fully saturated rings. The van der Waals surface area contributed by atoms with Crippen LogP contribution in [-0.2, 0) is 0 Å². The third-order valence-corrected chi connectivity index (χ3v) is 2.01. The van der Waals surface area contributed by atoms with Gasteiger partial charge >= 0.3 is 6.18 Å². The molecule has 0 radical (unpaired) electrons. The SMILES string of the molecule is CC(C)=CCC[C@H](CCO)C(F)(F)F. The summed E-state index contributed by atoms with van der Waals surface area (Å²) in [7, 11) is 0. The molecular formula is C10H17F3O. The van der Waals surface area contributed by atoms with Gasteiger partial charge in [-0.3, -0.25) is 0 Å². The lowest BCUT2D eigenvalue weighted by Crippen LogP contribution is -2.23. The van der Waals surface area contributed by atoms with E-state index in [1.54, 1.807) is 6.08 Å². The molecule has 14 heavy (non-hydrogen) atoms. The molecule has 0 unspecified atom stereocenters. The standard InChI is InChI=1S/C10H17F3O/c1-8(2)4-3-5-9(6-7-14)10(11,12)13/h4,9,14H,3,5-7H2,1-2H3/t9-/m1/s1. The first kappa shape index (κ1) is 13.5. The minimum Gasteiger partial charge on any atom is -0.396 e. The normalized spacial score (nSPS) is 13.9. The Morgan fingerprint density at radius 1 is 1.29 bits per heavy atom. The minimum atomic E-state index is -4.18. The smallest absolute Gasteiger partial charge is 0.391 e. The topological polar surface area (TPSA) is 20.2 Å². The Bertz CT molecular complexity index is 180. The number of halogens is 3. The van der Waals surface area contributed by atoms with E-state index >= 15 is 0 Å². The van der Waals surface area contributed by atoms with E-state index in [1.807, 2.05) is 13.8 Å². The van der Waals surface area contributed by atoms with Crippen LogP contribution >= 0.6 is 0 Å². The van der Waals surface area contributed by atoms with Crippen molar-refractivity contribution in [3.05, 3.63) is 11.6 Å². The molecule has 84 valence electrons. The predicted molar refractivity (Wildman–Crippen MR) is 49.9 cm³/mol. The van der Waals surface area contributed by atoms with Crippen molar-refractivity contribution in [3.8, 4) is 0 Å². The number of hydrogen-bond acceptors (Lipinski definition) is 1. The van der Waals surface area contributed by atoms with Gasteiger partial charge in [0.2, 0.25) is 0 Å². The average Bonchev–Trinajstić information content (AvgIpc) is 2.00. The van der Waals surface area contributed by atoms with Gasteiger partial charge in [-0.1, -0.05) is 11.6 Å². The van der Waals surface area contributed by atoms with E-state index in [0.717, 1.165) is 5.57 Å². The van der Waals surface area contributed by atoms with Gasteiger partial charge in [-0.15, -0.1) is 0 Å². The quantitative estimate of drug-likeness (QED) is 0.690. The molecule has 0 aliphatic heterocycles. The molecule has 0 aromatic carbocycles. The van der Waals surface area contributed by atoms with Crippen molar-refractivity contribution in [3.63, 3.8) is 0 Å². The van der Waals surface area contributed by atoms with Gasteiger partial charge in [-0.2, -0.15) is 13.2 Å². The molecule has 0 saturated carbocycles. The Morgan fingerprint density at radius 3 is 2.21 bits per heavy atom. The molecule has 1 atom stereocenters. The fourth-order valence-corrected chi connectivity index (χ4v) is 1.20. The molecule has 4 heteroatoms. The van der Waals surface area contributed by atoms with E-state index in [-0.39, 0.29) is 12.8 Å². The van der Waals surface area contributed by atoms with Crippen molar-refractivity contribution in [1.82, 2.24) is 0 Å². The van der Waals surface area contributed by atoms with E-state index in [0.29, 0.717) is 6.42 Å². The van der Waals surface area contributed by atoms with E-state index in [1.165, 1.54) is 0 Å². The van der Waals surface area contributed by atoms with Crippen LogP contribution in [0.5, 0.6) is 0 Å². The van der Waals surface area contributed by atoms with Crippen molar-refractivity contribution < 1.29 is 18.3 Å². The van der Waals surface area contributed by atoms with Gasteiger partial charge in [0.05, 0.1) is 5.92 Å². The highest BCUT2D eigenvalue weighted by molar-refractivity contribution is 4.93. The summed E-state index contributed by atoms with van der Waals surface area (Å²) >= 11 is 0. The van der Waals surface area contributed by atoms with Crippen LogP contribution in [0.2, 0.25) is 0 Å². The summed E-state index contributed by atoms with van der Waals surface area (Å²) in [6.07, 6.45) is -2.10. The van der Waals surface area contributed by atoms with Crippen LogP contribution in [-0.4, -0.2) is 17.9 Å². The molecule has 0 aliphatic rings. The van der Waals surface area contributed by atoms with Crippen LogP contribution in [0.1, 0.15) is 33.1 Å². The highest BCUT2D eigenvalue weighted by Gasteiger charge is 2.38. The molecule has 0 spiro atoms. The number of rotatable bonds is 5. The summed E-state index contributed by atoms with van der Waals surface area (Å²) < 4.78 is 36.9. The number of hydrogen-bond donors (Lipinski definition) is 1. The second-order valence-electron chi connectivity index (χ2n) is 3.61. The molecule has 0 heterocycles. The molecule has 0 rings (SSSR count). The van der Waals surface area contributed by atoms with E-state index in [4.69, 9.17) is 5.11 Å². The van der Waals surface area contributed by atoms with Crippen LogP contribution in [0.4, 0.5) is 13.2 Å². The van der Waals surface area contributed by atoms with Gasteiger partial charge in [0.1, 0.15) is 0 Å². The fraction of sp³-hybridized carbons (Fsp3) is 0.800. The van der Waals surface area contributed by atoms with E-state index < -0.39 is 18.7 Å². The largest absolute Gasteiger partial charge is 0.396 e. The van der Waals surface area contributed by atoms with Gasteiger partial charge < -0.3 is 5.11 Å². The first-order valence-corrected chi connectivity index (χ1v) is 4.69. The van der Waals surface area contributed by atoms with Crippen molar-refractivity contribution in [2.45, 2.75) is 39.3 Å². The lowest BCUT2D eigenvalue weighted by molar-refractivity contribution is -0.179. The summed E-state index contributed by atoms with van der Waals surface area (Å²) in [5, 5.41) is 8.49. The molecule has 0 bridgehead atoms. The van der Waals surface area contributed by atoms with Gasteiger partial charge in [-0.25, -0.2) is 0 Å².